The van der Waals surface area contributed by atoms with Gasteiger partial charge in [-0.3, -0.25) is 19.2 Å². The van der Waals surface area contributed by atoms with Crippen LogP contribution in [0.1, 0.15) is 36.8 Å². The zero-order valence-electron chi connectivity index (χ0n) is 16.9. The summed E-state index contributed by atoms with van der Waals surface area (Å²) in [7, 11) is -4.18. The van der Waals surface area contributed by atoms with Gasteiger partial charge in [-0.1, -0.05) is 25.0 Å². The fraction of sp³-hybridized carbons (Fsp3) is 0.364. The zero-order chi connectivity index (χ0) is 22.3. The number of carbonyl (C=O) groups excluding carboxylic acids is 2. The number of benzene rings is 2. The maximum Gasteiger partial charge on any atom is 0.262 e. The molecule has 31 heavy (non-hydrogen) atoms. The molecule has 1 aliphatic carbocycles. The highest BCUT2D eigenvalue weighted by Crippen LogP contribution is 2.38. The molecule has 0 aromatic heterocycles. The van der Waals surface area contributed by atoms with Crippen LogP contribution in [-0.2, 0) is 26.2 Å². The van der Waals surface area contributed by atoms with Crippen LogP contribution >= 0.6 is 0 Å². The van der Waals surface area contributed by atoms with E-state index in [0.717, 1.165) is 25.0 Å². The van der Waals surface area contributed by atoms with E-state index in [1.807, 2.05) is 0 Å². The average Bonchev–Trinajstić information content (AvgIpc) is 2.96. The summed E-state index contributed by atoms with van der Waals surface area (Å²) in [6.45, 7) is 1.57. The van der Waals surface area contributed by atoms with E-state index < -0.39 is 21.7 Å². The van der Waals surface area contributed by atoms with Gasteiger partial charge in [0, 0.05) is 6.07 Å². The molecule has 2 atom stereocenters. The molecular weight excluding hydrogens is 426 g/mol. The molecule has 1 saturated carbocycles. The van der Waals surface area contributed by atoms with Crippen LogP contribution in [-0.4, -0.2) is 25.1 Å². The molecule has 2 amide bonds. The number of nitrogens with zero attached hydrogens (tertiary/aromatic N) is 1. The van der Waals surface area contributed by atoms with Crippen LogP contribution in [0.25, 0.3) is 0 Å². The number of likely N-dealkylation sites (tertiary alicyclic amines) is 1. The van der Waals surface area contributed by atoms with Gasteiger partial charge in [-0.15, -0.1) is 0 Å². The van der Waals surface area contributed by atoms with Crippen LogP contribution < -0.4 is 4.72 Å². The van der Waals surface area contributed by atoms with E-state index in [1.54, 1.807) is 19.1 Å². The normalized spacial score (nSPS) is 21.3. The predicted molar refractivity (Wildman–Crippen MR) is 109 cm³/mol. The molecule has 2 fully saturated rings. The summed E-state index contributed by atoms with van der Waals surface area (Å²) in [6.07, 6.45) is 3.25. The number of nitrogens with one attached hydrogen (secondary N) is 1. The fourth-order valence-corrected chi connectivity index (χ4v) is 5.74. The first kappa shape index (κ1) is 21.4. The monoisotopic (exact) mass is 448 g/mol. The Morgan fingerprint density at radius 1 is 1.00 bits per heavy atom. The number of sulfonamides is 1. The van der Waals surface area contributed by atoms with Crippen LogP contribution in [0, 0.1) is 30.4 Å². The topological polar surface area (TPSA) is 83.6 Å². The van der Waals surface area contributed by atoms with Gasteiger partial charge in [0.1, 0.15) is 11.6 Å². The van der Waals surface area contributed by atoms with Crippen LogP contribution in [0.4, 0.5) is 14.5 Å². The number of rotatable bonds is 5. The molecule has 164 valence electrons. The molecular formula is C22H22F2N2O4S. The molecule has 1 saturated heterocycles. The lowest BCUT2D eigenvalue weighted by Crippen LogP contribution is -2.30. The number of aryl methyl sites for hydroxylation is 1. The second-order valence-electron chi connectivity index (χ2n) is 8.09. The molecule has 2 aromatic rings. The van der Waals surface area contributed by atoms with Gasteiger partial charge in [0.15, 0.2) is 0 Å². The lowest BCUT2D eigenvalue weighted by molar-refractivity contribution is -0.140. The molecule has 1 aliphatic heterocycles. The first-order valence-corrected chi connectivity index (χ1v) is 11.6. The summed E-state index contributed by atoms with van der Waals surface area (Å²) >= 11 is 0. The van der Waals surface area contributed by atoms with E-state index in [0.29, 0.717) is 30.0 Å². The van der Waals surface area contributed by atoms with E-state index in [2.05, 4.69) is 4.72 Å². The minimum absolute atomic E-state index is 0.0155. The van der Waals surface area contributed by atoms with Gasteiger partial charge in [-0.2, -0.15) is 0 Å². The fourth-order valence-electron chi connectivity index (χ4n) is 4.37. The second kappa shape index (κ2) is 8.03. The molecule has 0 unspecified atom stereocenters. The van der Waals surface area contributed by atoms with Crippen molar-refractivity contribution in [1.82, 2.24) is 4.90 Å². The Morgan fingerprint density at radius 2 is 1.65 bits per heavy atom. The molecule has 2 aliphatic rings. The third-order valence-corrected chi connectivity index (χ3v) is 7.50. The van der Waals surface area contributed by atoms with Gasteiger partial charge in [0.25, 0.3) is 10.0 Å². The van der Waals surface area contributed by atoms with E-state index >= 15 is 0 Å². The number of halogens is 2. The number of amides is 2. The van der Waals surface area contributed by atoms with Gasteiger partial charge in [-0.25, -0.2) is 17.2 Å². The predicted octanol–water partition coefficient (Wildman–Crippen LogP) is 3.75. The Hall–Kier alpha value is -2.81. The summed E-state index contributed by atoms with van der Waals surface area (Å²) < 4.78 is 54.9. The van der Waals surface area contributed by atoms with Crippen molar-refractivity contribution in [3.05, 3.63) is 59.2 Å². The minimum Gasteiger partial charge on any atom is -0.278 e. The Balaban J connectivity index is 1.60. The van der Waals surface area contributed by atoms with Crippen molar-refractivity contribution in [3.8, 4) is 0 Å². The van der Waals surface area contributed by atoms with E-state index in [-0.39, 0.29) is 40.8 Å². The van der Waals surface area contributed by atoms with Crippen molar-refractivity contribution in [2.75, 3.05) is 4.72 Å². The Morgan fingerprint density at radius 3 is 2.26 bits per heavy atom. The average molecular weight is 448 g/mol. The molecule has 9 heteroatoms. The molecule has 4 rings (SSSR count). The second-order valence-corrected chi connectivity index (χ2v) is 9.74. The van der Waals surface area contributed by atoms with Gasteiger partial charge < -0.3 is 0 Å². The summed E-state index contributed by atoms with van der Waals surface area (Å²) in [5.74, 6) is -2.82. The summed E-state index contributed by atoms with van der Waals surface area (Å²) in [4.78, 5) is 26.5. The van der Waals surface area contributed by atoms with E-state index in [1.165, 1.54) is 11.0 Å². The largest absolute Gasteiger partial charge is 0.278 e. The van der Waals surface area contributed by atoms with Crippen LogP contribution in [0.15, 0.2) is 41.3 Å². The Bertz CT molecular complexity index is 1140. The SMILES string of the molecule is Cc1ccc(CN2C(=O)[C@H]3CCCC[C@H]3C2=O)cc1S(=O)(=O)Nc1ccc(F)cc1F. The highest BCUT2D eigenvalue weighted by atomic mass is 32.2. The highest BCUT2D eigenvalue weighted by Gasteiger charge is 2.47. The molecule has 1 heterocycles. The number of imide groups is 1. The molecule has 6 nitrogen and oxygen atoms in total. The number of hydrogen-bond acceptors (Lipinski definition) is 4. The Labute approximate surface area is 179 Å². The smallest absolute Gasteiger partial charge is 0.262 e. The van der Waals surface area contributed by atoms with Gasteiger partial charge >= 0.3 is 0 Å². The maximum atomic E-state index is 13.9. The lowest BCUT2D eigenvalue weighted by Gasteiger charge is -2.19. The van der Waals surface area contributed by atoms with E-state index in [9.17, 15) is 26.8 Å². The first-order chi connectivity index (χ1) is 14.7. The third kappa shape index (κ3) is 4.06. The third-order valence-electron chi connectivity index (χ3n) is 5.99. The summed E-state index contributed by atoms with van der Waals surface area (Å²) in [5.41, 5.74) is 0.512. The van der Waals surface area contributed by atoms with E-state index in [4.69, 9.17) is 0 Å². The number of carbonyl (C=O) groups is 2. The first-order valence-electron chi connectivity index (χ1n) is 10.1. The van der Waals surface area contributed by atoms with Crippen molar-refractivity contribution >= 4 is 27.5 Å². The van der Waals surface area contributed by atoms with Crippen molar-refractivity contribution in [2.45, 2.75) is 44.0 Å². The number of anilines is 1. The van der Waals surface area contributed by atoms with Gasteiger partial charge in [0.05, 0.1) is 29.0 Å². The Kier molecular flexibility index (Phi) is 5.55. The standard InChI is InChI=1S/C22H22F2N2O4S/c1-13-6-7-14(12-26-21(27)16-4-2-3-5-17(16)22(26)28)10-20(13)31(29,30)25-19-9-8-15(23)11-18(19)24/h6-11,16-17,25H,2-5,12H2,1H3/t16-,17+. The minimum atomic E-state index is -4.18. The molecule has 2 aromatic carbocycles. The molecule has 0 spiro atoms. The van der Waals surface area contributed by atoms with Crippen molar-refractivity contribution < 1.29 is 26.8 Å². The van der Waals surface area contributed by atoms with Crippen molar-refractivity contribution in [2.24, 2.45) is 11.8 Å². The van der Waals surface area contributed by atoms with Gasteiger partial charge in [-0.05, 0) is 49.1 Å². The molecule has 1 N–H and O–H groups in total. The van der Waals surface area contributed by atoms with Gasteiger partial charge in [0.2, 0.25) is 11.8 Å². The zero-order valence-corrected chi connectivity index (χ0v) is 17.7. The quantitative estimate of drug-likeness (QED) is 0.707. The number of hydrogen-bond donors (Lipinski definition) is 1. The maximum absolute atomic E-state index is 13.9. The molecule has 0 bridgehead atoms. The summed E-state index contributed by atoms with van der Waals surface area (Å²) in [6, 6.07) is 7.16. The van der Waals surface area contributed by atoms with Crippen LogP contribution in [0.3, 0.4) is 0 Å². The van der Waals surface area contributed by atoms with Crippen LogP contribution in [0.5, 0.6) is 0 Å². The van der Waals surface area contributed by atoms with Crippen molar-refractivity contribution in [3.63, 3.8) is 0 Å². The van der Waals surface area contributed by atoms with Crippen molar-refractivity contribution in [1.29, 1.82) is 0 Å². The number of fused-ring (bicyclic) bond motifs is 1. The molecule has 0 radical (unpaired) electrons. The summed E-state index contributed by atoms with van der Waals surface area (Å²) in [5, 5.41) is 0. The highest BCUT2D eigenvalue weighted by molar-refractivity contribution is 7.92. The van der Waals surface area contributed by atoms with Crippen LogP contribution in [0.2, 0.25) is 0 Å². The lowest BCUT2D eigenvalue weighted by atomic mass is 9.81.